The molecule has 0 heterocycles. The Morgan fingerprint density at radius 3 is 2.65 bits per heavy atom. The van der Waals surface area contributed by atoms with E-state index in [-0.39, 0.29) is 0 Å². The van der Waals surface area contributed by atoms with Crippen LogP contribution in [0.1, 0.15) is 44.6 Å². The van der Waals surface area contributed by atoms with E-state index in [0.29, 0.717) is 12.0 Å². The Morgan fingerprint density at radius 1 is 1.35 bits per heavy atom. The molecule has 0 fully saturated rings. The molecule has 2 atom stereocenters. The maximum absolute atomic E-state index is 6.03. The van der Waals surface area contributed by atoms with Crippen molar-refractivity contribution in [1.29, 1.82) is 0 Å². The predicted molar refractivity (Wildman–Crippen MR) is 73.9 cm³/mol. The highest BCUT2D eigenvalue weighted by molar-refractivity contribution is 6.30. The van der Waals surface area contributed by atoms with Crippen molar-refractivity contribution >= 4 is 11.6 Å². The SMILES string of the molecule is CCC(N)CCC(C)c1cc(Cl)ccc1OC. The zero-order valence-corrected chi connectivity index (χ0v) is 11.6. The van der Waals surface area contributed by atoms with Crippen molar-refractivity contribution in [3.8, 4) is 5.75 Å². The molecule has 96 valence electrons. The number of halogens is 1. The van der Waals surface area contributed by atoms with Crippen molar-refractivity contribution in [3.63, 3.8) is 0 Å². The van der Waals surface area contributed by atoms with E-state index in [4.69, 9.17) is 22.1 Å². The van der Waals surface area contributed by atoms with E-state index in [2.05, 4.69) is 13.8 Å². The molecule has 0 spiro atoms. The summed E-state index contributed by atoms with van der Waals surface area (Å²) in [5.74, 6) is 1.33. The van der Waals surface area contributed by atoms with Crippen LogP contribution in [-0.4, -0.2) is 13.2 Å². The smallest absolute Gasteiger partial charge is 0.122 e. The van der Waals surface area contributed by atoms with Crippen LogP contribution in [0.3, 0.4) is 0 Å². The molecule has 17 heavy (non-hydrogen) atoms. The molecule has 1 aromatic carbocycles. The van der Waals surface area contributed by atoms with Gasteiger partial charge in [0.05, 0.1) is 7.11 Å². The Kier molecular flexibility index (Phi) is 5.79. The Labute approximate surface area is 109 Å². The van der Waals surface area contributed by atoms with Gasteiger partial charge >= 0.3 is 0 Å². The molecule has 0 aliphatic rings. The zero-order chi connectivity index (χ0) is 12.8. The molecule has 0 saturated carbocycles. The highest BCUT2D eigenvalue weighted by Gasteiger charge is 2.13. The Bertz CT molecular complexity index is 354. The highest BCUT2D eigenvalue weighted by atomic mass is 35.5. The normalized spacial score (nSPS) is 14.4. The lowest BCUT2D eigenvalue weighted by molar-refractivity contribution is 0.403. The van der Waals surface area contributed by atoms with Crippen molar-refractivity contribution in [2.75, 3.05) is 7.11 Å². The van der Waals surface area contributed by atoms with Crippen LogP contribution in [0, 0.1) is 0 Å². The van der Waals surface area contributed by atoms with Gasteiger partial charge in [0, 0.05) is 11.1 Å². The van der Waals surface area contributed by atoms with E-state index in [1.54, 1.807) is 7.11 Å². The van der Waals surface area contributed by atoms with E-state index >= 15 is 0 Å². The van der Waals surface area contributed by atoms with Crippen LogP contribution in [0.25, 0.3) is 0 Å². The third kappa shape index (κ3) is 4.21. The van der Waals surface area contributed by atoms with Gasteiger partial charge in [0.2, 0.25) is 0 Å². The van der Waals surface area contributed by atoms with Gasteiger partial charge in [-0.1, -0.05) is 25.4 Å². The Hall–Kier alpha value is -0.730. The van der Waals surface area contributed by atoms with Crippen molar-refractivity contribution < 1.29 is 4.74 Å². The van der Waals surface area contributed by atoms with Gasteiger partial charge in [0.15, 0.2) is 0 Å². The van der Waals surface area contributed by atoms with Crippen LogP contribution in [0.2, 0.25) is 5.02 Å². The molecule has 1 rings (SSSR count). The summed E-state index contributed by atoms with van der Waals surface area (Å²) in [6.45, 7) is 4.31. The maximum Gasteiger partial charge on any atom is 0.122 e. The average molecular weight is 256 g/mol. The van der Waals surface area contributed by atoms with Crippen LogP contribution in [0.4, 0.5) is 0 Å². The van der Waals surface area contributed by atoms with E-state index < -0.39 is 0 Å². The van der Waals surface area contributed by atoms with Crippen LogP contribution in [0.5, 0.6) is 5.75 Å². The first-order valence-corrected chi connectivity index (χ1v) is 6.55. The monoisotopic (exact) mass is 255 g/mol. The molecule has 0 amide bonds. The van der Waals surface area contributed by atoms with E-state index in [9.17, 15) is 0 Å². The van der Waals surface area contributed by atoms with Gasteiger partial charge < -0.3 is 10.5 Å². The maximum atomic E-state index is 6.03. The molecule has 2 nitrogen and oxygen atoms in total. The fourth-order valence-electron chi connectivity index (χ4n) is 1.91. The second-order valence-corrected chi connectivity index (χ2v) is 4.97. The quantitative estimate of drug-likeness (QED) is 0.835. The van der Waals surface area contributed by atoms with Gasteiger partial charge in [-0.15, -0.1) is 0 Å². The summed E-state index contributed by atoms with van der Waals surface area (Å²) in [5, 5.41) is 0.757. The molecule has 2 unspecified atom stereocenters. The van der Waals surface area contributed by atoms with Gasteiger partial charge in [-0.25, -0.2) is 0 Å². The molecule has 0 aliphatic heterocycles. The molecule has 2 N–H and O–H groups in total. The van der Waals surface area contributed by atoms with Crippen molar-refractivity contribution in [3.05, 3.63) is 28.8 Å². The molecule has 1 aromatic rings. The second-order valence-electron chi connectivity index (χ2n) is 4.53. The molecule has 0 aromatic heterocycles. The van der Waals surface area contributed by atoms with Crippen LogP contribution in [-0.2, 0) is 0 Å². The summed E-state index contributed by atoms with van der Waals surface area (Å²) in [5.41, 5.74) is 7.11. The lowest BCUT2D eigenvalue weighted by Crippen LogP contribution is -2.19. The van der Waals surface area contributed by atoms with Gasteiger partial charge in [0.1, 0.15) is 5.75 Å². The highest BCUT2D eigenvalue weighted by Crippen LogP contribution is 2.32. The summed E-state index contributed by atoms with van der Waals surface area (Å²) in [4.78, 5) is 0. The van der Waals surface area contributed by atoms with Crippen LogP contribution < -0.4 is 10.5 Å². The molecule has 0 saturated heterocycles. The van der Waals surface area contributed by atoms with Crippen molar-refractivity contribution in [2.24, 2.45) is 5.73 Å². The number of benzene rings is 1. The first-order valence-electron chi connectivity index (χ1n) is 6.17. The Balaban J connectivity index is 2.73. The van der Waals surface area contributed by atoms with E-state index in [1.165, 1.54) is 5.56 Å². The minimum atomic E-state index is 0.294. The van der Waals surface area contributed by atoms with Crippen molar-refractivity contribution in [2.45, 2.75) is 45.1 Å². The molecule has 0 radical (unpaired) electrons. The standard InChI is InChI=1S/C14H22ClNO/c1-4-12(16)7-5-10(2)13-9-11(15)6-8-14(13)17-3/h6,8-10,12H,4-5,7,16H2,1-3H3. The number of hydrogen-bond acceptors (Lipinski definition) is 2. The Morgan fingerprint density at radius 2 is 2.06 bits per heavy atom. The third-order valence-corrected chi connectivity index (χ3v) is 3.45. The molecule has 0 bridgehead atoms. The fraction of sp³-hybridized carbons (Fsp3) is 0.571. The molecule has 0 aliphatic carbocycles. The summed E-state index contributed by atoms with van der Waals surface area (Å²) in [7, 11) is 1.69. The first-order chi connectivity index (χ1) is 8.08. The summed E-state index contributed by atoms with van der Waals surface area (Å²) >= 11 is 6.03. The average Bonchev–Trinajstić information content (AvgIpc) is 2.35. The van der Waals surface area contributed by atoms with Crippen LogP contribution >= 0.6 is 11.6 Å². The topological polar surface area (TPSA) is 35.2 Å². The molecule has 3 heteroatoms. The fourth-order valence-corrected chi connectivity index (χ4v) is 2.09. The lowest BCUT2D eigenvalue weighted by atomic mass is 9.93. The van der Waals surface area contributed by atoms with Crippen LogP contribution in [0.15, 0.2) is 18.2 Å². The third-order valence-electron chi connectivity index (χ3n) is 3.22. The van der Waals surface area contributed by atoms with Gasteiger partial charge in [-0.3, -0.25) is 0 Å². The van der Waals surface area contributed by atoms with E-state index in [1.807, 2.05) is 18.2 Å². The summed E-state index contributed by atoms with van der Waals surface area (Å²) < 4.78 is 5.36. The molecular formula is C14H22ClNO. The number of nitrogens with two attached hydrogens (primary N) is 1. The van der Waals surface area contributed by atoms with Gasteiger partial charge in [-0.2, -0.15) is 0 Å². The lowest BCUT2D eigenvalue weighted by Gasteiger charge is -2.17. The number of ether oxygens (including phenoxy) is 1. The minimum absolute atomic E-state index is 0.294. The van der Waals surface area contributed by atoms with E-state index in [0.717, 1.165) is 30.0 Å². The largest absolute Gasteiger partial charge is 0.496 e. The summed E-state index contributed by atoms with van der Waals surface area (Å²) in [6, 6.07) is 6.06. The first kappa shape index (κ1) is 14.3. The predicted octanol–water partition coefficient (Wildman–Crippen LogP) is 3.97. The molecular weight excluding hydrogens is 234 g/mol. The number of hydrogen-bond donors (Lipinski definition) is 1. The zero-order valence-electron chi connectivity index (χ0n) is 10.9. The second kappa shape index (κ2) is 6.87. The van der Waals surface area contributed by atoms with Crippen molar-refractivity contribution in [1.82, 2.24) is 0 Å². The minimum Gasteiger partial charge on any atom is -0.496 e. The van der Waals surface area contributed by atoms with Gasteiger partial charge in [0.25, 0.3) is 0 Å². The number of rotatable bonds is 6. The summed E-state index contributed by atoms with van der Waals surface area (Å²) in [6.07, 6.45) is 3.12. The number of methoxy groups -OCH3 is 1. The van der Waals surface area contributed by atoms with Gasteiger partial charge in [-0.05, 0) is 48.9 Å².